The highest BCUT2D eigenvalue weighted by Gasteiger charge is 2.17. The van der Waals surface area contributed by atoms with Crippen LogP contribution < -0.4 is 4.72 Å². The van der Waals surface area contributed by atoms with Crippen LogP contribution in [0, 0.1) is 0 Å². The van der Waals surface area contributed by atoms with Crippen LogP contribution >= 0.6 is 23.2 Å². The van der Waals surface area contributed by atoms with Crippen molar-refractivity contribution < 1.29 is 17.9 Å². The minimum Gasteiger partial charge on any atom is -0.465 e. The summed E-state index contributed by atoms with van der Waals surface area (Å²) < 4.78 is 30.3. The second-order valence-corrected chi connectivity index (χ2v) is 5.79. The zero-order chi connectivity index (χ0) is 13.8. The first-order chi connectivity index (χ1) is 8.36. The highest BCUT2D eigenvalue weighted by atomic mass is 35.5. The maximum atomic E-state index is 11.8. The number of carbonyl (C=O) groups is 1. The first-order valence-corrected chi connectivity index (χ1v) is 7.21. The molecule has 8 heteroatoms. The summed E-state index contributed by atoms with van der Waals surface area (Å²) in [4.78, 5) is 11.0. The van der Waals surface area contributed by atoms with Gasteiger partial charge in [0.15, 0.2) is 0 Å². The van der Waals surface area contributed by atoms with Gasteiger partial charge in [0.1, 0.15) is 6.54 Å². The van der Waals surface area contributed by atoms with Gasteiger partial charge in [0, 0.05) is 0 Å². The van der Waals surface area contributed by atoms with Gasteiger partial charge in [-0.2, -0.15) is 4.72 Å². The van der Waals surface area contributed by atoms with Gasteiger partial charge in [-0.25, -0.2) is 8.42 Å². The molecular weight excluding hydrogens is 301 g/mol. The predicted octanol–water partition coefficient (Wildman–Crippen LogP) is 1.83. The molecule has 0 aliphatic heterocycles. The Morgan fingerprint density at radius 2 is 2.00 bits per heavy atom. The molecule has 0 aliphatic carbocycles. The normalized spacial score (nSPS) is 11.3. The zero-order valence-electron chi connectivity index (χ0n) is 9.44. The molecule has 1 N–H and O–H groups in total. The monoisotopic (exact) mass is 311 g/mol. The van der Waals surface area contributed by atoms with Crippen molar-refractivity contribution in [3.05, 3.63) is 28.2 Å². The largest absolute Gasteiger partial charge is 0.465 e. The number of benzene rings is 1. The van der Waals surface area contributed by atoms with E-state index >= 15 is 0 Å². The summed E-state index contributed by atoms with van der Waals surface area (Å²) in [5.41, 5.74) is 0. The van der Waals surface area contributed by atoms with E-state index < -0.39 is 22.5 Å². The van der Waals surface area contributed by atoms with Gasteiger partial charge in [0.05, 0.1) is 21.5 Å². The van der Waals surface area contributed by atoms with Gasteiger partial charge in [-0.3, -0.25) is 4.79 Å². The Morgan fingerprint density at radius 1 is 1.33 bits per heavy atom. The van der Waals surface area contributed by atoms with Gasteiger partial charge >= 0.3 is 5.97 Å². The standard InChI is InChI=1S/C10H11Cl2NO4S/c1-2-17-10(14)6-13-18(15,16)7-3-4-8(11)9(12)5-7/h3-5,13H,2,6H2,1H3. The molecular formula is C10H11Cl2NO4S. The number of hydrogen-bond acceptors (Lipinski definition) is 4. The fraction of sp³-hybridized carbons (Fsp3) is 0.300. The molecule has 0 unspecified atom stereocenters. The summed E-state index contributed by atoms with van der Waals surface area (Å²) in [5, 5.41) is 0.372. The average molecular weight is 312 g/mol. The molecule has 0 aliphatic rings. The lowest BCUT2D eigenvalue weighted by Crippen LogP contribution is -2.30. The molecule has 18 heavy (non-hydrogen) atoms. The molecule has 100 valence electrons. The molecule has 0 aromatic heterocycles. The van der Waals surface area contributed by atoms with Crippen LogP contribution in [-0.4, -0.2) is 27.5 Å². The van der Waals surface area contributed by atoms with Gasteiger partial charge in [-0.15, -0.1) is 0 Å². The average Bonchev–Trinajstić information content (AvgIpc) is 2.30. The van der Waals surface area contributed by atoms with E-state index in [1.807, 2.05) is 0 Å². The van der Waals surface area contributed by atoms with Crippen LogP contribution in [0.15, 0.2) is 23.1 Å². The van der Waals surface area contributed by atoms with E-state index in [0.29, 0.717) is 0 Å². The fourth-order valence-electron chi connectivity index (χ4n) is 1.09. The van der Waals surface area contributed by atoms with E-state index in [1.54, 1.807) is 6.92 Å². The third-order valence-corrected chi connectivity index (χ3v) is 4.05. The van der Waals surface area contributed by atoms with E-state index in [1.165, 1.54) is 18.2 Å². The number of rotatable bonds is 5. The molecule has 0 amide bonds. The summed E-state index contributed by atoms with van der Waals surface area (Å²) in [7, 11) is -3.81. The Morgan fingerprint density at radius 3 is 2.56 bits per heavy atom. The van der Waals surface area contributed by atoms with E-state index in [2.05, 4.69) is 9.46 Å². The lowest BCUT2D eigenvalue weighted by Gasteiger charge is -2.07. The first kappa shape index (κ1) is 15.2. The summed E-state index contributed by atoms with van der Waals surface area (Å²) in [6.07, 6.45) is 0. The van der Waals surface area contributed by atoms with Crippen LogP contribution in [0.25, 0.3) is 0 Å². The van der Waals surface area contributed by atoms with Gasteiger partial charge in [-0.05, 0) is 25.1 Å². The van der Waals surface area contributed by atoms with Crippen molar-refractivity contribution in [3.63, 3.8) is 0 Å². The Balaban J connectivity index is 2.80. The van der Waals surface area contributed by atoms with Crippen LogP contribution in [0.2, 0.25) is 10.0 Å². The molecule has 0 saturated carbocycles. The van der Waals surface area contributed by atoms with Gasteiger partial charge < -0.3 is 4.74 Å². The summed E-state index contributed by atoms with van der Waals surface area (Å²) in [6.45, 7) is 1.38. The van der Waals surface area contributed by atoms with E-state index in [0.717, 1.165) is 0 Å². The lowest BCUT2D eigenvalue weighted by molar-refractivity contribution is -0.141. The second kappa shape index (κ2) is 6.38. The molecule has 5 nitrogen and oxygen atoms in total. The fourth-order valence-corrected chi connectivity index (χ4v) is 2.45. The molecule has 0 fully saturated rings. The molecule has 1 aromatic rings. The topological polar surface area (TPSA) is 72.5 Å². The minimum atomic E-state index is -3.81. The molecule has 0 radical (unpaired) electrons. The maximum absolute atomic E-state index is 11.8. The van der Waals surface area contributed by atoms with Crippen LogP contribution in [0.5, 0.6) is 0 Å². The van der Waals surface area contributed by atoms with Crippen LogP contribution in [0.1, 0.15) is 6.92 Å². The Labute approximate surface area is 115 Å². The van der Waals surface area contributed by atoms with Gasteiger partial charge in [0.25, 0.3) is 0 Å². The van der Waals surface area contributed by atoms with Crippen molar-refractivity contribution in [2.24, 2.45) is 0 Å². The van der Waals surface area contributed by atoms with Crippen molar-refractivity contribution >= 4 is 39.2 Å². The van der Waals surface area contributed by atoms with Crippen molar-refractivity contribution in [2.45, 2.75) is 11.8 Å². The summed E-state index contributed by atoms with van der Waals surface area (Å²) >= 11 is 11.4. The molecule has 1 rings (SSSR count). The lowest BCUT2D eigenvalue weighted by atomic mass is 10.4. The van der Waals surface area contributed by atoms with Crippen molar-refractivity contribution in [3.8, 4) is 0 Å². The number of carbonyl (C=O) groups excluding carboxylic acids is 1. The molecule has 0 saturated heterocycles. The third kappa shape index (κ3) is 4.13. The van der Waals surface area contributed by atoms with Crippen LogP contribution in [0.3, 0.4) is 0 Å². The van der Waals surface area contributed by atoms with Crippen molar-refractivity contribution in [2.75, 3.05) is 13.2 Å². The first-order valence-electron chi connectivity index (χ1n) is 4.97. The van der Waals surface area contributed by atoms with E-state index in [-0.39, 0.29) is 21.5 Å². The number of esters is 1. The van der Waals surface area contributed by atoms with Gasteiger partial charge in [0.2, 0.25) is 10.0 Å². The molecule has 0 spiro atoms. The zero-order valence-corrected chi connectivity index (χ0v) is 11.8. The summed E-state index contributed by atoms with van der Waals surface area (Å²) in [5.74, 6) is -0.652. The summed E-state index contributed by atoms with van der Waals surface area (Å²) in [6, 6.07) is 3.86. The van der Waals surface area contributed by atoms with Gasteiger partial charge in [-0.1, -0.05) is 23.2 Å². The Bertz CT molecular complexity index is 545. The number of nitrogens with one attached hydrogen (secondary N) is 1. The van der Waals surface area contributed by atoms with Crippen molar-refractivity contribution in [1.29, 1.82) is 0 Å². The maximum Gasteiger partial charge on any atom is 0.321 e. The second-order valence-electron chi connectivity index (χ2n) is 3.21. The molecule has 0 atom stereocenters. The molecule has 0 bridgehead atoms. The number of sulfonamides is 1. The number of hydrogen-bond donors (Lipinski definition) is 1. The Kier molecular flexibility index (Phi) is 5.40. The van der Waals surface area contributed by atoms with Crippen LogP contribution in [-0.2, 0) is 19.6 Å². The SMILES string of the molecule is CCOC(=O)CNS(=O)(=O)c1ccc(Cl)c(Cl)c1. The van der Waals surface area contributed by atoms with E-state index in [4.69, 9.17) is 23.2 Å². The quantitative estimate of drug-likeness (QED) is 0.842. The number of ether oxygens (including phenoxy) is 1. The molecule has 1 aromatic carbocycles. The third-order valence-electron chi connectivity index (χ3n) is 1.91. The smallest absolute Gasteiger partial charge is 0.321 e. The minimum absolute atomic E-state index is 0.0683. The Hall–Kier alpha value is -0.820. The number of halogens is 2. The van der Waals surface area contributed by atoms with Crippen LogP contribution in [0.4, 0.5) is 0 Å². The highest BCUT2D eigenvalue weighted by Crippen LogP contribution is 2.24. The highest BCUT2D eigenvalue weighted by molar-refractivity contribution is 7.89. The van der Waals surface area contributed by atoms with E-state index in [9.17, 15) is 13.2 Å². The predicted molar refractivity (Wildman–Crippen MR) is 68.3 cm³/mol. The molecule has 0 heterocycles. The van der Waals surface area contributed by atoms with Crippen molar-refractivity contribution in [1.82, 2.24) is 4.72 Å².